The fourth-order valence-corrected chi connectivity index (χ4v) is 4.11. The molecule has 5 unspecified atom stereocenters. The van der Waals surface area contributed by atoms with Crippen molar-refractivity contribution in [3.05, 3.63) is 0 Å². The van der Waals surface area contributed by atoms with Crippen molar-refractivity contribution in [3.63, 3.8) is 0 Å². The quantitative estimate of drug-likeness (QED) is 0.784. The maximum Gasteiger partial charge on any atom is 0.225 e. The van der Waals surface area contributed by atoms with E-state index >= 15 is 0 Å². The second kappa shape index (κ2) is 4.84. The summed E-state index contributed by atoms with van der Waals surface area (Å²) >= 11 is 0. The molecule has 2 bridgehead atoms. The molecule has 0 aromatic rings. The van der Waals surface area contributed by atoms with Gasteiger partial charge in [0.25, 0.3) is 0 Å². The molecule has 3 heteroatoms. The first-order valence-corrected chi connectivity index (χ1v) is 7.75. The Morgan fingerprint density at radius 1 is 1.28 bits per heavy atom. The van der Waals surface area contributed by atoms with Gasteiger partial charge in [-0.25, -0.2) is 0 Å². The van der Waals surface area contributed by atoms with E-state index in [1.54, 1.807) is 0 Å². The van der Waals surface area contributed by atoms with Gasteiger partial charge >= 0.3 is 0 Å². The maximum absolute atomic E-state index is 12.4. The molecular weight excluding hydrogens is 224 g/mol. The van der Waals surface area contributed by atoms with Gasteiger partial charge in [-0.1, -0.05) is 19.8 Å². The summed E-state index contributed by atoms with van der Waals surface area (Å²) in [6.07, 6.45) is 8.61. The van der Waals surface area contributed by atoms with Gasteiger partial charge in [0.15, 0.2) is 0 Å². The number of hydrogen-bond donors (Lipinski definition) is 2. The first-order valence-electron chi connectivity index (χ1n) is 7.75. The number of nitrogens with two attached hydrogens (primary N) is 1. The Morgan fingerprint density at radius 2 is 2.00 bits per heavy atom. The van der Waals surface area contributed by atoms with Gasteiger partial charge in [-0.3, -0.25) is 4.79 Å². The summed E-state index contributed by atoms with van der Waals surface area (Å²) in [5.41, 5.74) is 6.24. The highest BCUT2D eigenvalue weighted by molar-refractivity contribution is 5.80. The minimum Gasteiger partial charge on any atom is -0.353 e. The Hall–Kier alpha value is -0.570. The van der Waals surface area contributed by atoms with E-state index < -0.39 is 0 Å². The van der Waals surface area contributed by atoms with Crippen LogP contribution in [0.4, 0.5) is 0 Å². The lowest BCUT2D eigenvalue weighted by molar-refractivity contribution is -0.127. The summed E-state index contributed by atoms with van der Waals surface area (Å²) in [6, 6.07) is 0.513. The molecule has 102 valence electrons. The number of fused-ring (bicyclic) bond motifs is 2. The van der Waals surface area contributed by atoms with E-state index in [4.69, 9.17) is 5.73 Å². The fraction of sp³-hybridized carbons (Fsp3) is 0.933. The van der Waals surface area contributed by atoms with Crippen LogP contribution < -0.4 is 11.1 Å². The molecule has 3 rings (SSSR count). The summed E-state index contributed by atoms with van der Waals surface area (Å²) < 4.78 is 0. The zero-order valence-electron chi connectivity index (χ0n) is 11.4. The lowest BCUT2D eigenvalue weighted by atomic mass is 9.84. The molecule has 0 spiro atoms. The summed E-state index contributed by atoms with van der Waals surface area (Å²) in [4.78, 5) is 12.4. The van der Waals surface area contributed by atoms with Gasteiger partial charge < -0.3 is 11.1 Å². The normalized spacial score (nSPS) is 39.9. The van der Waals surface area contributed by atoms with Crippen LogP contribution in [0.1, 0.15) is 51.9 Å². The highest BCUT2D eigenvalue weighted by atomic mass is 16.2. The average Bonchev–Trinajstić information content (AvgIpc) is 2.95. The Kier molecular flexibility index (Phi) is 3.35. The third kappa shape index (κ3) is 2.29. The van der Waals surface area contributed by atoms with E-state index in [1.165, 1.54) is 38.5 Å². The molecule has 3 nitrogen and oxygen atoms in total. The summed E-state index contributed by atoms with van der Waals surface area (Å²) in [5.74, 6) is 2.43. The van der Waals surface area contributed by atoms with Crippen molar-refractivity contribution in [3.8, 4) is 0 Å². The number of carbonyl (C=O) groups excluding carboxylic acids is 1. The zero-order chi connectivity index (χ0) is 12.7. The smallest absolute Gasteiger partial charge is 0.225 e. The Labute approximate surface area is 110 Å². The number of nitrogens with one attached hydrogen (secondary N) is 1. The zero-order valence-corrected chi connectivity index (χ0v) is 11.4. The van der Waals surface area contributed by atoms with E-state index in [0.717, 1.165) is 12.3 Å². The van der Waals surface area contributed by atoms with Crippen molar-refractivity contribution in [1.82, 2.24) is 5.32 Å². The number of amides is 1. The minimum atomic E-state index is 0.108. The van der Waals surface area contributed by atoms with Gasteiger partial charge in [0.1, 0.15) is 0 Å². The van der Waals surface area contributed by atoms with Crippen LogP contribution in [0.3, 0.4) is 0 Å². The molecule has 5 atom stereocenters. The van der Waals surface area contributed by atoms with Gasteiger partial charge in [0.2, 0.25) is 5.91 Å². The molecule has 3 aliphatic carbocycles. The van der Waals surface area contributed by atoms with E-state index in [9.17, 15) is 4.79 Å². The molecule has 0 aromatic carbocycles. The third-order valence-electron chi connectivity index (χ3n) is 5.44. The van der Waals surface area contributed by atoms with Crippen LogP contribution >= 0.6 is 0 Å². The van der Waals surface area contributed by atoms with Crippen LogP contribution in [0.2, 0.25) is 0 Å². The Balaban J connectivity index is 1.56. The van der Waals surface area contributed by atoms with Crippen LogP contribution in [-0.4, -0.2) is 18.0 Å². The van der Waals surface area contributed by atoms with Gasteiger partial charge in [-0.15, -0.1) is 0 Å². The molecule has 3 N–H and O–H groups in total. The SMILES string of the molecule is CCC(CC1CC1)NC(=O)C1C2CCC(C2)C1N. The predicted molar refractivity (Wildman–Crippen MR) is 71.9 cm³/mol. The van der Waals surface area contributed by atoms with Crippen LogP contribution in [0.25, 0.3) is 0 Å². The van der Waals surface area contributed by atoms with Gasteiger partial charge in [-0.2, -0.15) is 0 Å². The van der Waals surface area contributed by atoms with Crippen LogP contribution in [0.5, 0.6) is 0 Å². The first-order chi connectivity index (χ1) is 8.69. The topological polar surface area (TPSA) is 55.1 Å². The van der Waals surface area contributed by atoms with E-state index in [0.29, 0.717) is 17.9 Å². The molecule has 0 aromatic heterocycles. The number of carbonyl (C=O) groups is 1. The molecule has 0 heterocycles. The number of hydrogen-bond acceptors (Lipinski definition) is 2. The largest absolute Gasteiger partial charge is 0.353 e. The number of rotatable bonds is 5. The highest BCUT2D eigenvalue weighted by Gasteiger charge is 2.49. The van der Waals surface area contributed by atoms with Crippen molar-refractivity contribution >= 4 is 5.91 Å². The predicted octanol–water partition coefficient (Wildman–Crippen LogP) is 2.05. The molecular formula is C15H26N2O. The molecule has 3 aliphatic rings. The van der Waals surface area contributed by atoms with E-state index in [2.05, 4.69) is 12.2 Å². The minimum absolute atomic E-state index is 0.108. The lowest BCUT2D eigenvalue weighted by Crippen LogP contribution is -2.48. The molecule has 0 saturated heterocycles. The second-order valence-electron chi connectivity index (χ2n) is 6.73. The molecule has 18 heavy (non-hydrogen) atoms. The summed E-state index contributed by atoms with van der Waals surface area (Å²) in [7, 11) is 0. The molecule has 3 fully saturated rings. The van der Waals surface area contributed by atoms with Crippen LogP contribution in [0.15, 0.2) is 0 Å². The fourth-order valence-electron chi connectivity index (χ4n) is 4.11. The van der Waals surface area contributed by atoms with Crippen molar-refractivity contribution in [2.24, 2.45) is 29.4 Å². The van der Waals surface area contributed by atoms with Crippen molar-refractivity contribution in [1.29, 1.82) is 0 Å². The van der Waals surface area contributed by atoms with Gasteiger partial charge in [-0.05, 0) is 49.9 Å². The van der Waals surface area contributed by atoms with Crippen molar-refractivity contribution in [2.45, 2.75) is 64.0 Å². The molecule has 0 aliphatic heterocycles. The molecule has 1 amide bonds. The monoisotopic (exact) mass is 250 g/mol. The van der Waals surface area contributed by atoms with Crippen molar-refractivity contribution < 1.29 is 4.79 Å². The third-order valence-corrected chi connectivity index (χ3v) is 5.44. The van der Waals surface area contributed by atoms with Gasteiger partial charge in [0.05, 0.1) is 5.92 Å². The average molecular weight is 250 g/mol. The Bertz CT molecular complexity index is 324. The Morgan fingerprint density at radius 3 is 2.56 bits per heavy atom. The van der Waals surface area contributed by atoms with Gasteiger partial charge in [0, 0.05) is 12.1 Å². The standard InChI is InChI=1S/C15H26N2O/c1-2-12(7-9-3-4-9)17-15(18)13-10-5-6-11(8-10)14(13)16/h9-14H,2-8,16H2,1H3,(H,17,18). The summed E-state index contributed by atoms with van der Waals surface area (Å²) in [5, 5.41) is 3.28. The lowest BCUT2D eigenvalue weighted by Gasteiger charge is -2.29. The second-order valence-corrected chi connectivity index (χ2v) is 6.73. The maximum atomic E-state index is 12.4. The van der Waals surface area contributed by atoms with Crippen LogP contribution in [0, 0.1) is 23.7 Å². The molecule has 0 radical (unpaired) electrons. The van der Waals surface area contributed by atoms with E-state index in [-0.39, 0.29) is 17.9 Å². The molecule has 3 saturated carbocycles. The summed E-state index contributed by atoms with van der Waals surface area (Å²) in [6.45, 7) is 2.17. The van der Waals surface area contributed by atoms with Crippen molar-refractivity contribution in [2.75, 3.05) is 0 Å². The van der Waals surface area contributed by atoms with E-state index in [1.807, 2.05) is 0 Å². The first kappa shape index (κ1) is 12.5. The highest BCUT2D eigenvalue weighted by Crippen LogP contribution is 2.47. The van der Waals surface area contributed by atoms with Crippen LogP contribution in [-0.2, 0) is 4.79 Å².